The Kier molecular flexibility index (Phi) is 3.31. The molecule has 84 valence electrons. The van der Waals surface area contributed by atoms with Crippen LogP contribution in [0.2, 0.25) is 0 Å². The van der Waals surface area contributed by atoms with E-state index in [9.17, 15) is 0 Å². The summed E-state index contributed by atoms with van der Waals surface area (Å²) in [6, 6.07) is 11.5. The Morgan fingerprint density at radius 1 is 1.24 bits per heavy atom. The number of benzene rings is 1. The molecule has 4 heteroatoms. The highest BCUT2D eigenvalue weighted by molar-refractivity contribution is 5.37. The lowest BCUT2D eigenvalue weighted by atomic mass is 10.1. The van der Waals surface area contributed by atoms with Gasteiger partial charge in [0.2, 0.25) is 0 Å². The molecule has 0 amide bonds. The van der Waals surface area contributed by atoms with Gasteiger partial charge in [0.25, 0.3) is 0 Å². The second kappa shape index (κ2) is 5.08. The second-order valence-corrected chi connectivity index (χ2v) is 3.71. The first-order valence-electron chi connectivity index (χ1n) is 5.29. The van der Waals surface area contributed by atoms with Crippen molar-refractivity contribution in [2.45, 2.75) is 13.5 Å². The first-order valence-corrected chi connectivity index (χ1v) is 5.29. The molecule has 4 nitrogen and oxygen atoms in total. The van der Waals surface area contributed by atoms with Gasteiger partial charge in [-0.25, -0.2) is 9.97 Å². The number of hydrogen-bond acceptors (Lipinski definition) is 4. The molecule has 0 radical (unpaired) electrons. The molecule has 0 saturated carbocycles. The third-order valence-electron chi connectivity index (χ3n) is 2.36. The summed E-state index contributed by atoms with van der Waals surface area (Å²) in [5.41, 5.74) is 2.72. The van der Waals surface area contributed by atoms with E-state index in [1.54, 1.807) is 0 Å². The van der Waals surface area contributed by atoms with Crippen LogP contribution < -0.4 is 5.32 Å². The van der Waals surface area contributed by atoms with Crippen molar-refractivity contribution >= 4 is 5.82 Å². The largest absolute Gasteiger partial charge is 0.366 e. The number of aryl methyl sites for hydroxylation is 1. The van der Waals surface area contributed by atoms with E-state index in [-0.39, 0.29) is 0 Å². The summed E-state index contributed by atoms with van der Waals surface area (Å²) in [5.74, 6) is 0.807. The molecule has 1 aromatic carbocycles. The first kappa shape index (κ1) is 11.1. The SMILES string of the molecule is Cc1cc(NCc2ccc(C#N)cc2)ncn1. The van der Waals surface area contributed by atoms with Crippen molar-refractivity contribution in [3.8, 4) is 6.07 Å². The van der Waals surface area contributed by atoms with Crippen LogP contribution in [-0.2, 0) is 6.54 Å². The van der Waals surface area contributed by atoms with E-state index < -0.39 is 0 Å². The summed E-state index contributed by atoms with van der Waals surface area (Å²) in [6.45, 7) is 2.61. The second-order valence-electron chi connectivity index (χ2n) is 3.71. The van der Waals surface area contributed by atoms with E-state index in [4.69, 9.17) is 5.26 Å². The lowest BCUT2D eigenvalue weighted by molar-refractivity contribution is 1.05. The van der Waals surface area contributed by atoms with Gasteiger partial charge in [0.15, 0.2) is 0 Å². The van der Waals surface area contributed by atoms with Crippen LogP contribution in [0.5, 0.6) is 0 Å². The molecule has 0 saturated heterocycles. The minimum Gasteiger partial charge on any atom is -0.366 e. The maximum absolute atomic E-state index is 8.68. The number of nitriles is 1. The molecule has 17 heavy (non-hydrogen) atoms. The van der Waals surface area contributed by atoms with Gasteiger partial charge in [-0.05, 0) is 24.6 Å². The highest BCUT2D eigenvalue weighted by atomic mass is 15.0. The monoisotopic (exact) mass is 224 g/mol. The van der Waals surface area contributed by atoms with Crippen LogP contribution >= 0.6 is 0 Å². The van der Waals surface area contributed by atoms with Gasteiger partial charge in [0, 0.05) is 18.3 Å². The first-order chi connectivity index (χ1) is 8.28. The molecular formula is C13H12N4. The fraction of sp³-hybridized carbons (Fsp3) is 0.154. The van der Waals surface area contributed by atoms with E-state index in [1.807, 2.05) is 37.3 Å². The molecule has 0 spiro atoms. The summed E-state index contributed by atoms with van der Waals surface area (Å²) in [7, 11) is 0. The van der Waals surface area contributed by atoms with Gasteiger partial charge in [-0.1, -0.05) is 12.1 Å². The fourth-order valence-electron chi connectivity index (χ4n) is 1.44. The van der Waals surface area contributed by atoms with Gasteiger partial charge in [-0.15, -0.1) is 0 Å². The van der Waals surface area contributed by atoms with E-state index >= 15 is 0 Å². The molecule has 0 aliphatic rings. The van der Waals surface area contributed by atoms with Crippen molar-refractivity contribution in [2.24, 2.45) is 0 Å². The highest BCUT2D eigenvalue weighted by Gasteiger charge is 1.96. The zero-order chi connectivity index (χ0) is 12.1. The standard InChI is InChI=1S/C13H12N4/c1-10-6-13(17-9-16-10)15-8-12-4-2-11(7-14)3-5-12/h2-6,9H,8H2,1H3,(H,15,16,17). The maximum atomic E-state index is 8.68. The number of aromatic nitrogens is 2. The normalized spacial score (nSPS) is 9.65. The Morgan fingerprint density at radius 3 is 2.65 bits per heavy atom. The summed E-state index contributed by atoms with van der Waals surface area (Å²) in [6.07, 6.45) is 1.54. The number of anilines is 1. The number of rotatable bonds is 3. The van der Waals surface area contributed by atoms with Crippen LogP contribution in [0.15, 0.2) is 36.7 Å². The fourth-order valence-corrected chi connectivity index (χ4v) is 1.44. The summed E-state index contributed by atoms with van der Waals surface area (Å²) in [5, 5.41) is 11.9. The lowest BCUT2D eigenvalue weighted by Gasteiger charge is -2.05. The van der Waals surface area contributed by atoms with E-state index in [1.165, 1.54) is 6.33 Å². The molecule has 1 N–H and O–H groups in total. The summed E-state index contributed by atoms with van der Waals surface area (Å²) < 4.78 is 0. The Bertz CT molecular complexity index is 540. The molecule has 2 rings (SSSR count). The van der Waals surface area contributed by atoms with Gasteiger partial charge in [-0.3, -0.25) is 0 Å². The predicted molar refractivity (Wildman–Crippen MR) is 65.3 cm³/mol. The highest BCUT2D eigenvalue weighted by Crippen LogP contribution is 2.07. The van der Waals surface area contributed by atoms with Gasteiger partial charge in [0.1, 0.15) is 12.1 Å². The van der Waals surface area contributed by atoms with Crippen molar-refractivity contribution in [2.75, 3.05) is 5.32 Å². The molecule has 0 bridgehead atoms. The summed E-state index contributed by atoms with van der Waals surface area (Å²) >= 11 is 0. The molecule has 0 aliphatic carbocycles. The number of nitrogens with one attached hydrogen (secondary N) is 1. The Hall–Kier alpha value is -2.41. The van der Waals surface area contributed by atoms with Crippen molar-refractivity contribution in [3.05, 3.63) is 53.5 Å². The van der Waals surface area contributed by atoms with Crippen molar-refractivity contribution in [1.82, 2.24) is 9.97 Å². The van der Waals surface area contributed by atoms with Crippen LogP contribution in [0.1, 0.15) is 16.8 Å². The molecule has 0 fully saturated rings. The minimum atomic E-state index is 0.673. The lowest BCUT2D eigenvalue weighted by Crippen LogP contribution is -2.02. The minimum absolute atomic E-state index is 0.673. The van der Waals surface area contributed by atoms with Crippen LogP contribution in [0, 0.1) is 18.3 Å². The average Bonchev–Trinajstić information content (AvgIpc) is 2.37. The van der Waals surface area contributed by atoms with Crippen molar-refractivity contribution < 1.29 is 0 Å². The van der Waals surface area contributed by atoms with Crippen LogP contribution in [0.4, 0.5) is 5.82 Å². The summed E-state index contributed by atoms with van der Waals surface area (Å²) in [4.78, 5) is 8.14. The van der Waals surface area contributed by atoms with Gasteiger partial charge < -0.3 is 5.32 Å². The number of nitrogens with zero attached hydrogens (tertiary/aromatic N) is 3. The van der Waals surface area contributed by atoms with Gasteiger partial charge in [0.05, 0.1) is 11.6 Å². The number of hydrogen-bond donors (Lipinski definition) is 1. The quantitative estimate of drug-likeness (QED) is 0.868. The zero-order valence-electron chi connectivity index (χ0n) is 9.51. The molecule has 0 unspecified atom stereocenters. The molecular weight excluding hydrogens is 212 g/mol. The van der Waals surface area contributed by atoms with Crippen LogP contribution in [0.25, 0.3) is 0 Å². The predicted octanol–water partition coefficient (Wildman–Crippen LogP) is 2.27. The Labute approximate surface area is 100.0 Å². The van der Waals surface area contributed by atoms with Crippen LogP contribution in [-0.4, -0.2) is 9.97 Å². The van der Waals surface area contributed by atoms with Crippen molar-refractivity contribution in [3.63, 3.8) is 0 Å². The van der Waals surface area contributed by atoms with E-state index in [2.05, 4.69) is 21.4 Å². The molecule has 1 heterocycles. The molecule has 0 atom stereocenters. The van der Waals surface area contributed by atoms with E-state index in [0.29, 0.717) is 12.1 Å². The molecule has 0 aliphatic heterocycles. The molecule has 2 aromatic rings. The molecule has 1 aromatic heterocycles. The van der Waals surface area contributed by atoms with Gasteiger partial charge >= 0.3 is 0 Å². The van der Waals surface area contributed by atoms with E-state index in [0.717, 1.165) is 17.1 Å². The Morgan fingerprint density at radius 2 is 2.00 bits per heavy atom. The van der Waals surface area contributed by atoms with Crippen molar-refractivity contribution in [1.29, 1.82) is 5.26 Å². The third-order valence-corrected chi connectivity index (χ3v) is 2.36. The zero-order valence-corrected chi connectivity index (χ0v) is 9.51. The average molecular weight is 224 g/mol. The van der Waals surface area contributed by atoms with Crippen LogP contribution in [0.3, 0.4) is 0 Å². The maximum Gasteiger partial charge on any atom is 0.129 e. The smallest absolute Gasteiger partial charge is 0.129 e. The van der Waals surface area contributed by atoms with Gasteiger partial charge in [-0.2, -0.15) is 5.26 Å². The third kappa shape index (κ3) is 3.02. The Balaban J connectivity index is 2.00. The topological polar surface area (TPSA) is 61.6 Å².